The Bertz CT molecular complexity index is 836. The van der Waals surface area contributed by atoms with E-state index in [1.807, 2.05) is 0 Å². The summed E-state index contributed by atoms with van der Waals surface area (Å²) >= 11 is 11.8. The van der Waals surface area contributed by atoms with E-state index in [9.17, 15) is 13.2 Å². The fourth-order valence-electron chi connectivity index (χ4n) is 1.92. The van der Waals surface area contributed by atoms with Gasteiger partial charge in [0.2, 0.25) is 0 Å². The van der Waals surface area contributed by atoms with E-state index >= 15 is 0 Å². The number of carbonyl (C=O) groups excluding carboxylic acids is 1. The van der Waals surface area contributed by atoms with Crippen LogP contribution >= 0.6 is 23.2 Å². The zero-order chi connectivity index (χ0) is 17.0. The lowest BCUT2D eigenvalue weighted by molar-refractivity contribution is 0.0871. The van der Waals surface area contributed by atoms with Crippen molar-refractivity contribution in [3.63, 3.8) is 0 Å². The van der Waals surface area contributed by atoms with Crippen molar-refractivity contribution in [3.05, 3.63) is 76.8 Å². The van der Waals surface area contributed by atoms with Gasteiger partial charge in [0.05, 0.1) is 22.0 Å². The third kappa shape index (κ3) is 3.75. The number of benzene rings is 2. The minimum absolute atomic E-state index is 0.0142. The van der Waals surface area contributed by atoms with Gasteiger partial charge >= 0.3 is 0 Å². The quantitative estimate of drug-likeness (QED) is 0.748. The Hall–Kier alpha value is -1.82. The number of rotatable bonds is 5. The van der Waals surface area contributed by atoms with Gasteiger partial charge in [0.1, 0.15) is 0 Å². The Morgan fingerprint density at radius 1 is 1.13 bits per heavy atom. The Balaban J connectivity index is 2.50. The molecule has 23 heavy (non-hydrogen) atoms. The average Bonchev–Trinajstić information content (AvgIpc) is 2.52. The summed E-state index contributed by atoms with van der Waals surface area (Å²) in [4.78, 5) is 12.7. The van der Waals surface area contributed by atoms with Crippen LogP contribution in [0, 0.1) is 0 Å². The van der Waals surface area contributed by atoms with E-state index in [1.165, 1.54) is 36.4 Å². The minimum Gasteiger partial charge on any atom is -0.268 e. The Labute approximate surface area is 145 Å². The molecule has 0 aliphatic heterocycles. The van der Waals surface area contributed by atoms with Crippen LogP contribution in [-0.2, 0) is 10.0 Å². The highest BCUT2D eigenvalue weighted by Gasteiger charge is 2.30. The largest absolute Gasteiger partial charge is 0.269 e. The molecule has 0 fully saturated rings. The van der Waals surface area contributed by atoms with Gasteiger partial charge in [-0.15, -0.1) is 6.58 Å². The van der Waals surface area contributed by atoms with E-state index in [2.05, 4.69) is 6.58 Å². The number of halogens is 2. The van der Waals surface area contributed by atoms with E-state index in [-0.39, 0.29) is 22.0 Å². The van der Waals surface area contributed by atoms with Crippen molar-refractivity contribution in [1.29, 1.82) is 0 Å². The first-order valence-corrected chi connectivity index (χ1v) is 8.75. The molecule has 0 heterocycles. The molecule has 0 unspecified atom stereocenters. The highest BCUT2D eigenvalue weighted by molar-refractivity contribution is 7.89. The molecule has 0 N–H and O–H groups in total. The van der Waals surface area contributed by atoms with Crippen molar-refractivity contribution >= 4 is 39.1 Å². The van der Waals surface area contributed by atoms with Crippen LogP contribution in [0.2, 0.25) is 10.0 Å². The monoisotopic (exact) mass is 369 g/mol. The normalized spacial score (nSPS) is 11.0. The Morgan fingerprint density at radius 2 is 1.78 bits per heavy atom. The lowest BCUT2D eigenvalue weighted by Gasteiger charge is -2.21. The smallest absolute Gasteiger partial charge is 0.268 e. The zero-order valence-electron chi connectivity index (χ0n) is 11.9. The molecule has 0 saturated heterocycles. The maximum Gasteiger partial charge on any atom is 0.269 e. The second-order valence-electron chi connectivity index (χ2n) is 4.57. The van der Waals surface area contributed by atoms with E-state index in [0.717, 1.165) is 4.31 Å². The fraction of sp³-hybridized carbons (Fsp3) is 0.0625. The summed E-state index contributed by atoms with van der Waals surface area (Å²) < 4.78 is 26.1. The molecule has 0 aliphatic rings. The van der Waals surface area contributed by atoms with Gasteiger partial charge in [0, 0.05) is 5.02 Å². The van der Waals surface area contributed by atoms with Crippen molar-refractivity contribution in [1.82, 2.24) is 4.31 Å². The lowest BCUT2D eigenvalue weighted by Crippen LogP contribution is -2.37. The van der Waals surface area contributed by atoms with Crippen molar-refractivity contribution in [2.75, 3.05) is 6.54 Å². The van der Waals surface area contributed by atoms with Gasteiger partial charge in [-0.1, -0.05) is 47.5 Å². The molecule has 0 atom stereocenters. The van der Waals surface area contributed by atoms with Gasteiger partial charge in [-0.3, -0.25) is 4.79 Å². The van der Waals surface area contributed by atoms with Gasteiger partial charge in [0.15, 0.2) is 0 Å². The summed E-state index contributed by atoms with van der Waals surface area (Å²) in [5, 5.41) is 0.438. The highest BCUT2D eigenvalue weighted by atomic mass is 35.5. The maximum absolute atomic E-state index is 12.7. The molecule has 0 aliphatic carbocycles. The molecule has 4 nitrogen and oxygen atoms in total. The maximum atomic E-state index is 12.7. The topological polar surface area (TPSA) is 54.5 Å². The van der Waals surface area contributed by atoms with Crippen LogP contribution in [0.4, 0.5) is 0 Å². The molecule has 120 valence electrons. The predicted octanol–water partition coefficient (Wildman–Crippen LogP) is 4.01. The third-order valence-corrected chi connectivity index (χ3v) is 5.33. The zero-order valence-corrected chi connectivity index (χ0v) is 14.3. The second kappa shape index (κ2) is 7.17. The van der Waals surface area contributed by atoms with E-state index < -0.39 is 15.9 Å². The summed E-state index contributed by atoms with van der Waals surface area (Å²) in [6.45, 7) is 3.34. The average molecular weight is 370 g/mol. The standard InChI is InChI=1S/C16H13Cl2NO3S/c1-2-10-19(23(21,22)13-6-4-3-5-7-13)16(20)14-9-8-12(17)11-15(14)18/h2-9,11H,1,10H2. The number of carbonyl (C=O) groups is 1. The van der Waals surface area contributed by atoms with Crippen LogP contribution in [0.3, 0.4) is 0 Å². The first-order valence-electron chi connectivity index (χ1n) is 6.56. The molecule has 0 aromatic heterocycles. The van der Waals surface area contributed by atoms with Crippen molar-refractivity contribution in [2.24, 2.45) is 0 Å². The fourth-order valence-corrected chi connectivity index (χ4v) is 3.79. The Morgan fingerprint density at radius 3 is 2.35 bits per heavy atom. The van der Waals surface area contributed by atoms with Crippen molar-refractivity contribution in [2.45, 2.75) is 4.90 Å². The number of sulfonamides is 1. The number of nitrogens with zero attached hydrogens (tertiary/aromatic N) is 1. The summed E-state index contributed by atoms with van der Waals surface area (Å²) in [7, 11) is -4.02. The molecular weight excluding hydrogens is 357 g/mol. The minimum atomic E-state index is -4.02. The molecule has 0 bridgehead atoms. The van der Waals surface area contributed by atoms with Crippen LogP contribution in [0.1, 0.15) is 10.4 Å². The molecule has 1 amide bonds. The number of amides is 1. The first-order chi connectivity index (χ1) is 10.9. The van der Waals surface area contributed by atoms with Crippen LogP contribution < -0.4 is 0 Å². The van der Waals surface area contributed by atoms with Gasteiger partial charge in [-0.25, -0.2) is 12.7 Å². The molecule has 7 heteroatoms. The highest BCUT2D eigenvalue weighted by Crippen LogP contribution is 2.25. The van der Waals surface area contributed by atoms with Gasteiger partial charge in [-0.05, 0) is 30.3 Å². The molecule has 2 aromatic rings. The molecule has 2 rings (SSSR count). The SMILES string of the molecule is C=CCN(C(=O)c1ccc(Cl)cc1Cl)S(=O)(=O)c1ccccc1. The van der Waals surface area contributed by atoms with Crippen LogP contribution in [0.5, 0.6) is 0 Å². The van der Waals surface area contributed by atoms with Gasteiger partial charge in [0.25, 0.3) is 15.9 Å². The summed E-state index contributed by atoms with van der Waals surface area (Å²) in [6.07, 6.45) is 1.34. The molecule has 0 saturated carbocycles. The van der Waals surface area contributed by atoms with Crippen molar-refractivity contribution in [3.8, 4) is 0 Å². The Kier molecular flexibility index (Phi) is 5.46. The van der Waals surface area contributed by atoms with Crippen LogP contribution in [0.25, 0.3) is 0 Å². The predicted molar refractivity (Wildman–Crippen MR) is 91.3 cm³/mol. The second-order valence-corrected chi connectivity index (χ2v) is 7.27. The van der Waals surface area contributed by atoms with E-state index in [4.69, 9.17) is 23.2 Å². The van der Waals surface area contributed by atoms with E-state index in [0.29, 0.717) is 5.02 Å². The lowest BCUT2D eigenvalue weighted by atomic mass is 10.2. The number of hydrogen-bond donors (Lipinski definition) is 0. The molecule has 0 spiro atoms. The molecular formula is C16H13Cl2NO3S. The van der Waals surface area contributed by atoms with Gasteiger partial charge in [-0.2, -0.15) is 0 Å². The third-order valence-electron chi connectivity index (χ3n) is 3.01. The van der Waals surface area contributed by atoms with Crippen LogP contribution in [0.15, 0.2) is 66.1 Å². The van der Waals surface area contributed by atoms with Crippen LogP contribution in [-0.4, -0.2) is 25.2 Å². The molecule has 0 radical (unpaired) electrons. The molecule has 2 aromatic carbocycles. The number of hydrogen-bond acceptors (Lipinski definition) is 3. The van der Waals surface area contributed by atoms with Gasteiger partial charge < -0.3 is 0 Å². The summed E-state index contributed by atoms with van der Waals surface area (Å²) in [6, 6.07) is 11.9. The van der Waals surface area contributed by atoms with E-state index in [1.54, 1.807) is 18.2 Å². The van der Waals surface area contributed by atoms with Crippen molar-refractivity contribution < 1.29 is 13.2 Å². The summed E-state index contributed by atoms with van der Waals surface area (Å²) in [5.41, 5.74) is 0.0532. The summed E-state index contributed by atoms with van der Waals surface area (Å²) in [5.74, 6) is -0.740. The first kappa shape index (κ1) is 17.5.